The molecule has 1 fully saturated rings. The largest absolute Gasteiger partial charge is 0.480 e. The number of hydrogen-bond donors (Lipinski definition) is 2. The fourth-order valence-corrected chi connectivity index (χ4v) is 4.06. The average Bonchev–Trinajstić information content (AvgIpc) is 2.95. The van der Waals surface area contributed by atoms with Gasteiger partial charge in [-0.2, -0.15) is 0 Å². The molecule has 1 saturated heterocycles. The van der Waals surface area contributed by atoms with E-state index in [1.807, 2.05) is 24.9 Å². The number of carboxylic acid groups (broad SMARTS) is 1. The standard InChI is InChI=1S/C18H29N3O3S/c1-14(18(24)19-9-7-16-6-4-12-25-16)21-10-3-5-15(8-11-21)20(2)13-17(22)23/h4,6,12,14-15H,3,5,7-11,13H2,1-2H3,(H,19,24)(H,22,23). The first-order valence-corrected chi connectivity index (χ1v) is 9.81. The zero-order valence-corrected chi connectivity index (χ0v) is 15.9. The van der Waals surface area contributed by atoms with E-state index in [2.05, 4.69) is 21.7 Å². The second kappa shape index (κ2) is 9.89. The number of nitrogens with one attached hydrogen (secondary N) is 1. The van der Waals surface area contributed by atoms with Crippen LogP contribution in [0.15, 0.2) is 17.5 Å². The number of carbonyl (C=O) groups is 2. The Bertz CT molecular complexity index is 550. The number of nitrogens with zero attached hydrogens (tertiary/aromatic N) is 2. The molecule has 0 aliphatic carbocycles. The van der Waals surface area contributed by atoms with Crippen molar-refractivity contribution in [2.75, 3.05) is 33.2 Å². The first-order chi connectivity index (χ1) is 12.0. The Labute approximate surface area is 153 Å². The van der Waals surface area contributed by atoms with Crippen LogP contribution in [0, 0.1) is 0 Å². The maximum absolute atomic E-state index is 12.4. The third-order valence-electron chi connectivity index (χ3n) is 4.92. The van der Waals surface area contributed by atoms with Gasteiger partial charge in [0.05, 0.1) is 12.6 Å². The molecule has 25 heavy (non-hydrogen) atoms. The average molecular weight is 368 g/mol. The quantitative estimate of drug-likeness (QED) is 0.731. The number of likely N-dealkylation sites (N-methyl/N-ethyl adjacent to an activating group) is 1. The van der Waals surface area contributed by atoms with E-state index in [-0.39, 0.29) is 24.5 Å². The van der Waals surface area contributed by atoms with E-state index < -0.39 is 5.97 Å². The number of carboxylic acids is 1. The van der Waals surface area contributed by atoms with Gasteiger partial charge in [0.1, 0.15) is 0 Å². The van der Waals surface area contributed by atoms with Gasteiger partial charge in [0.15, 0.2) is 0 Å². The van der Waals surface area contributed by atoms with Crippen LogP contribution in [0.5, 0.6) is 0 Å². The summed E-state index contributed by atoms with van der Waals surface area (Å²) in [6.45, 7) is 4.41. The normalized spacial score (nSPS) is 20.2. The number of rotatable bonds is 8. The van der Waals surface area contributed by atoms with Crippen molar-refractivity contribution in [3.63, 3.8) is 0 Å². The molecule has 140 valence electrons. The number of carbonyl (C=O) groups excluding carboxylic acids is 1. The summed E-state index contributed by atoms with van der Waals surface area (Å²) < 4.78 is 0. The number of likely N-dealkylation sites (tertiary alicyclic amines) is 1. The molecule has 2 atom stereocenters. The van der Waals surface area contributed by atoms with Crippen LogP contribution in [0.2, 0.25) is 0 Å². The van der Waals surface area contributed by atoms with Gasteiger partial charge in [-0.15, -0.1) is 11.3 Å². The van der Waals surface area contributed by atoms with Crippen molar-refractivity contribution in [1.82, 2.24) is 15.1 Å². The van der Waals surface area contributed by atoms with Crippen molar-refractivity contribution in [2.24, 2.45) is 0 Å². The summed E-state index contributed by atoms with van der Waals surface area (Å²) in [5.41, 5.74) is 0. The monoisotopic (exact) mass is 367 g/mol. The molecule has 0 aromatic carbocycles. The molecule has 0 saturated carbocycles. The lowest BCUT2D eigenvalue weighted by molar-refractivity contribution is -0.138. The van der Waals surface area contributed by atoms with Crippen molar-refractivity contribution in [1.29, 1.82) is 0 Å². The molecule has 0 spiro atoms. The van der Waals surface area contributed by atoms with E-state index >= 15 is 0 Å². The second-order valence-electron chi connectivity index (χ2n) is 6.73. The summed E-state index contributed by atoms with van der Waals surface area (Å²) >= 11 is 1.71. The third kappa shape index (κ3) is 6.41. The Morgan fingerprint density at radius 2 is 2.24 bits per heavy atom. The van der Waals surface area contributed by atoms with Crippen molar-refractivity contribution in [3.05, 3.63) is 22.4 Å². The number of hydrogen-bond acceptors (Lipinski definition) is 5. The van der Waals surface area contributed by atoms with Crippen LogP contribution in [-0.4, -0.2) is 72.1 Å². The van der Waals surface area contributed by atoms with Crippen LogP contribution in [0.3, 0.4) is 0 Å². The first-order valence-electron chi connectivity index (χ1n) is 8.93. The van der Waals surface area contributed by atoms with Crippen molar-refractivity contribution < 1.29 is 14.7 Å². The lowest BCUT2D eigenvalue weighted by Crippen LogP contribution is -2.46. The molecule has 2 heterocycles. The van der Waals surface area contributed by atoms with Crippen LogP contribution >= 0.6 is 11.3 Å². The van der Waals surface area contributed by atoms with E-state index in [0.717, 1.165) is 38.8 Å². The minimum atomic E-state index is -0.790. The van der Waals surface area contributed by atoms with Crippen LogP contribution in [0.4, 0.5) is 0 Å². The highest BCUT2D eigenvalue weighted by Crippen LogP contribution is 2.17. The Kier molecular flexibility index (Phi) is 7.87. The van der Waals surface area contributed by atoms with Crippen molar-refractivity contribution in [2.45, 2.75) is 44.7 Å². The van der Waals surface area contributed by atoms with Gasteiger partial charge in [-0.05, 0) is 57.6 Å². The fourth-order valence-electron chi connectivity index (χ4n) is 3.35. The lowest BCUT2D eigenvalue weighted by atomic mass is 10.1. The topological polar surface area (TPSA) is 72.9 Å². The van der Waals surface area contributed by atoms with E-state index in [1.54, 1.807) is 11.3 Å². The highest BCUT2D eigenvalue weighted by Gasteiger charge is 2.26. The summed E-state index contributed by atoms with van der Waals surface area (Å²) in [4.78, 5) is 28.7. The van der Waals surface area contributed by atoms with Crippen LogP contribution in [0.1, 0.15) is 31.1 Å². The molecular weight excluding hydrogens is 338 g/mol. The van der Waals surface area contributed by atoms with E-state index in [9.17, 15) is 9.59 Å². The fraction of sp³-hybridized carbons (Fsp3) is 0.667. The SMILES string of the molecule is CC(C(=O)NCCc1cccs1)N1CCCC(N(C)CC(=O)O)CC1. The Morgan fingerprint density at radius 1 is 1.44 bits per heavy atom. The minimum Gasteiger partial charge on any atom is -0.480 e. The molecule has 6 nitrogen and oxygen atoms in total. The van der Waals surface area contributed by atoms with Gasteiger partial charge >= 0.3 is 5.97 Å². The van der Waals surface area contributed by atoms with Gasteiger partial charge in [-0.3, -0.25) is 19.4 Å². The smallest absolute Gasteiger partial charge is 0.317 e. The van der Waals surface area contributed by atoms with Crippen molar-refractivity contribution >= 4 is 23.2 Å². The summed E-state index contributed by atoms with van der Waals surface area (Å²) in [7, 11) is 1.87. The number of thiophene rings is 1. The second-order valence-corrected chi connectivity index (χ2v) is 7.76. The summed E-state index contributed by atoms with van der Waals surface area (Å²) in [5.74, 6) is -0.712. The Morgan fingerprint density at radius 3 is 2.92 bits per heavy atom. The summed E-state index contributed by atoms with van der Waals surface area (Å²) in [6, 6.07) is 4.24. The summed E-state index contributed by atoms with van der Waals surface area (Å²) in [6.07, 6.45) is 3.74. The van der Waals surface area contributed by atoms with Crippen LogP contribution < -0.4 is 5.32 Å². The Hall–Kier alpha value is -1.44. The van der Waals surface area contributed by atoms with E-state index in [4.69, 9.17) is 5.11 Å². The van der Waals surface area contributed by atoms with Gasteiger partial charge in [0.25, 0.3) is 0 Å². The van der Waals surface area contributed by atoms with Gasteiger partial charge < -0.3 is 10.4 Å². The molecule has 1 aliphatic rings. The molecule has 0 bridgehead atoms. The molecule has 1 aromatic heterocycles. The first kappa shape index (κ1) is 19.9. The molecule has 2 unspecified atom stereocenters. The van der Waals surface area contributed by atoms with Crippen molar-refractivity contribution in [3.8, 4) is 0 Å². The zero-order valence-electron chi connectivity index (χ0n) is 15.1. The van der Waals surface area contributed by atoms with Crippen LogP contribution in [-0.2, 0) is 16.0 Å². The molecule has 2 N–H and O–H groups in total. The third-order valence-corrected chi connectivity index (χ3v) is 5.85. The van der Waals surface area contributed by atoms with Gasteiger partial charge in [0.2, 0.25) is 5.91 Å². The maximum atomic E-state index is 12.4. The van der Waals surface area contributed by atoms with E-state index in [1.165, 1.54) is 4.88 Å². The van der Waals surface area contributed by atoms with E-state index in [0.29, 0.717) is 6.54 Å². The molecule has 0 radical (unpaired) electrons. The molecule has 1 amide bonds. The maximum Gasteiger partial charge on any atom is 0.317 e. The summed E-state index contributed by atoms with van der Waals surface area (Å²) in [5, 5.41) is 14.0. The van der Waals surface area contributed by atoms with Gasteiger partial charge in [-0.25, -0.2) is 0 Å². The zero-order chi connectivity index (χ0) is 18.2. The molecule has 7 heteroatoms. The molecule has 1 aromatic rings. The van der Waals surface area contributed by atoms with Gasteiger partial charge in [-0.1, -0.05) is 6.07 Å². The highest BCUT2D eigenvalue weighted by atomic mass is 32.1. The molecule has 1 aliphatic heterocycles. The minimum absolute atomic E-state index is 0.0728. The predicted molar refractivity (Wildman–Crippen MR) is 100.0 cm³/mol. The predicted octanol–water partition coefficient (Wildman–Crippen LogP) is 1.67. The highest BCUT2D eigenvalue weighted by molar-refractivity contribution is 7.09. The van der Waals surface area contributed by atoms with Gasteiger partial charge in [0, 0.05) is 24.0 Å². The number of aliphatic carboxylic acids is 1. The molecular formula is C18H29N3O3S. The number of amides is 1. The lowest BCUT2D eigenvalue weighted by Gasteiger charge is -2.28. The molecule has 2 rings (SSSR count). The Balaban J connectivity index is 1.76. The van der Waals surface area contributed by atoms with Crippen LogP contribution in [0.25, 0.3) is 0 Å².